The first-order valence-electron chi connectivity index (χ1n) is 3.45. The van der Waals surface area contributed by atoms with Crippen LogP contribution >= 0.6 is 0 Å². The summed E-state index contributed by atoms with van der Waals surface area (Å²) in [6.45, 7) is 6.36. The monoisotopic (exact) mass is 158 g/mol. The third kappa shape index (κ3) is 5.52. The van der Waals surface area contributed by atoms with Crippen LogP contribution in [0.15, 0.2) is 36.0 Å². The lowest BCUT2D eigenvalue weighted by atomic mass is 10.2. The summed E-state index contributed by atoms with van der Waals surface area (Å²) in [5.74, 6) is -0.803. The zero-order valence-corrected chi connectivity index (χ0v) is 6.82. The normalized spacial score (nSPS) is 13.5. The van der Waals surface area contributed by atoms with E-state index in [0.717, 1.165) is 0 Å². The van der Waals surface area contributed by atoms with Crippen molar-refractivity contribution in [2.75, 3.05) is 0 Å². The van der Waals surface area contributed by atoms with Crippen LogP contribution in [0.5, 0.6) is 0 Å². The first-order valence-corrected chi connectivity index (χ1v) is 3.45. The molecule has 11 heavy (non-hydrogen) atoms. The van der Waals surface area contributed by atoms with Crippen LogP contribution in [0, 0.1) is 0 Å². The molecule has 0 spiro atoms. The van der Waals surface area contributed by atoms with Crippen LogP contribution in [-0.4, -0.2) is 0 Å². The van der Waals surface area contributed by atoms with Crippen LogP contribution in [0.3, 0.4) is 0 Å². The van der Waals surface area contributed by atoms with Gasteiger partial charge in [0.2, 0.25) is 0 Å². The highest BCUT2D eigenvalue weighted by atomic mass is 19.1. The fourth-order valence-electron chi connectivity index (χ4n) is 0.638. The Kier molecular flexibility index (Phi) is 4.42. The fourth-order valence-corrected chi connectivity index (χ4v) is 0.638. The Morgan fingerprint density at radius 3 is 2.27 bits per heavy atom. The lowest BCUT2D eigenvalue weighted by Gasteiger charge is -1.91. The van der Waals surface area contributed by atoms with Crippen LogP contribution in [0.4, 0.5) is 8.78 Å². The van der Waals surface area contributed by atoms with Crippen molar-refractivity contribution in [1.82, 2.24) is 0 Å². The summed E-state index contributed by atoms with van der Waals surface area (Å²) in [6, 6.07) is 0. The first kappa shape index (κ1) is 10.1. The van der Waals surface area contributed by atoms with Crippen LogP contribution < -0.4 is 0 Å². The zero-order valence-electron chi connectivity index (χ0n) is 6.82. The molecule has 0 aromatic heterocycles. The molecule has 0 saturated heterocycles. The number of halogens is 2. The van der Waals surface area contributed by atoms with Crippen molar-refractivity contribution in [1.29, 1.82) is 0 Å². The van der Waals surface area contributed by atoms with Crippen molar-refractivity contribution < 1.29 is 8.78 Å². The largest absolute Gasteiger partial charge is 0.212 e. The fraction of sp³-hybridized carbons (Fsp3) is 0.333. The molecule has 0 N–H and O–H groups in total. The number of rotatable bonds is 3. The number of hydrogen-bond acceptors (Lipinski definition) is 0. The Balaban J connectivity index is 4.26. The molecule has 0 aliphatic heterocycles. The highest BCUT2D eigenvalue weighted by Gasteiger charge is 1.90. The second kappa shape index (κ2) is 4.83. The van der Waals surface area contributed by atoms with Crippen LogP contribution in [0.25, 0.3) is 0 Å². The molecule has 0 bridgehead atoms. The quantitative estimate of drug-likeness (QED) is 0.549. The van der Waals surface area contributed by atoms with Gasteiger partial charge in [-0.2, -0.15) is 0 Å². The Bertz CT molecular complexity index is 200. The molecule has 0 radical (unpaired) electrons. The predicted octanol–water partition coefficient (Wildman–Crippen LogP) is 3.68. The minimum absolute atomic E-state index is 0.250. The summed E-state index contributed by atoms with van der Waals surface area (Å²) in [6.07, 6.45) is 2.82. The maximum absolute atomic E-state index is 12.5. The van der Waals surface area contributed by atoms with Gasteiger partial charge in [0.05, 0.1) is 5.83 Å². The van der Waals surface area contributed by atoms with Gasteiger partial charge >= 0.3 is 0 Å². The molecule has 0 amide bonds. The molecule has 0 rings (SSSR count). The lowest BCUT2D eigenvalue weighted by molar-refractivity contribution is 0.603. The number of allylic oxidation sites excluding steroid dienone is 5. The minimum atomic E-state index is -0.553. The molecular formula is C9H12F2. The zero-order chi connectivity index (χ0) is 8.85. The van der Waals surface area contributed by atoms with Crippen molar-refractivity contribution in [2.24, 2.45) is 0 Å². The number of hydrogen-bond donors (Lipinski definition) is 0. The van der Waals surface area contributed by atoms with Gasteiger partial charge in [-0.15, -0.1) is 0 Å². The second-order valence-electron chi connectivity index (χ2n) is 2.28. The average Bonchev–Trinajstić information content (AvgIpc) is 1.85. The van der Waals surface area contributed by atoms with Gasteiger partial charge in [0.25, 0.3) is 0 Å². The second-order valence-corrected chi connectivity index (χ2v) is 2.28. The van der Waals surface area contributed by atoms with E-state index in [2.05, 4.69) is 6.58 Å². The molecule has 0 fully saturated rings. The van der Waals surface area contributed by atoms with E-state index in [0.29, 0.717) is 12.0 Å². The highest BCUT2D eigenvalue weighted by Crippen LogP contribution is 2.09. The third-order valence-corrected chi connectivity index (χ3v) is 1.11. The average molecular weight is 158 g/mol. The molecule has 0 heterocycles. The highest BCUT2D eigenvalue weighted by molar-refractivity contribution is 5.24. The summed E-state index contributed by atoms with van der Waals surface area (Å²) in [5.41, 5.74) is 0.539. The van der Waals surface area contributed by atoms with Gasteiger partial charge in [0, 0.05) is 0 Å². The SMILES string of the molecule is C=C(F)/C=C(C)\C=C(\F)CC. The van der Waals surface area contributed by atoms with E-state index >= 15 is 0 Å². The van der Waals surface area contributed by atoms with Crippen LogP contribution in [0.1, 0.15) is 20.3 Å². The van der Waals surface area contributed by atoms with Crippen molar-refractivity contribution >= 4 is 0 Å². The first-order chi connectivity index (χ1) is 5.06. The standard InChI is InChI=1S/C9H12F2/c1-4-9(11)6-7(2)5-8(3)10/h5-6H,3-4H2,1-2H3/b7-5-,9-6+. The summed E-state index contributed by atoms with van der Waals surface area (Å²) in [4.78, 5) is 0. The van der Waals surface area contributed by atoms with Gasteiger partial charge in [-0.3, -0.25) is 0 Å². The van der Waals surface area contributed by atoms with Gasteiger partial charge in [-0.1, -0.05) is 13.5 Å². The van der Waals surface area contributed by atoms with Gasteiger partial charge in [-0.25, -0.2) is 8.78 Å². The molecule has 0 atom stereocenters. The molecule has 0 nitrogen and oxygen atoms in total. The Labute approximate surface area is 65.9 Å². The van der Waals surface area contributed by atoms with E-state index < -0.39 is 5.83 Å². The van der Waals surface area contributed by atoms with Gasteiger partial charge in [0.1, 0.15) is 5.83 Å². The topological polar surface area (TPSA) is 0 Å². The summed E-state index contributed by atoms with van der Waals surface area (Å²) >= 11 is 0. The molecular weight excluding hydrogens is 146 g/mol. The molecule has 0 aromatic carbocycles. The van der Waals surface area contributed by atoms with Gasteiger partial charge in [-0.05, 0) is 31.1 Å². The van der Waals surface area contributed by atoms with E-state index in [-0.39, 0.29) is 5.83 Å². The third-order valence-electron chi connectivity index (χ3n) is 1.11. The van der Waals surface area contributed by atoms with E-state index in [1.807, 2.05) is 0 Å². The molecule has 0 saturated carbocycles. The molecule has 0 aliphatic carbocycles. The summed E-state index contributed by atoms with van der Waals surface area (Å²) < 4.78 is 24.6. The van der Waals surface area contributed by atoms with Gasteiger partial charge in [0.15, 0.2) is 0 Å². The Hall–Kier alpha value is -0.920. The van der Waals surface area contributed by atoms with Crippen molar-refractivity contribution in [3.63, 3.8) is 0 Å². The molecule has 0 aliphatic rings. The van der Waals surface area contributed by atoms with E-state index in [1.165, 1.54) is 12.2 Å². The lowest BCUT2D eigenvalue weighted by Crippen LogP contribution is -1.73. The summed E-state index contributed by atoms with van der Waals surface area (Å²) in [7, 11) is 0. The Morgan fingerprint density at radius 1 is 1.36 bits per heavy atom. The van der Waals surface area contributed by atoms with Crippen LogP contribution in [0.2, 0.25) is 0 Å². The van der Waals surface area contributed by atoms with E-state index in [4.69, 9.17) is 0 Å². The van der Waals surface area contributed by atoms with Gasteiger partial charge < -0.3 is 0 Å². The smallest absolute Gasteiger partial charge is 0.116 e. The molecule has 2 heteroatoms. The molecule has 0 unspecified atom stereocenters. The summed E-state index contributed by atoms with van der Waals surface area (Å²) in [5, 5.41) is 0. The maximum Gasteiger partial charge on any atom is 0.116 e. The van der Waals surface area contributed by atoms with E-state index in [1.54, 1.807) is 13.8 Å². The molecule has 0 aromatic rings. The van der Waals surface area contributed by atoms with Crippen molar-refractivity contribution in [2.45, 2.75) is 20.3 Å². The minimum Gasteiger partial charge on any atom is -0.212 e. The van der Waals surface area contributed by atoms with Crippen LogP contribution in [-0.2, 0) is 0 Å². The van der Waals surface area contributed by atoms with E-state index in [9.17, 15) is 8.78 Å². The van der Waals surface area contributed by atoms with Crippen molar-refractivity contribution in [3.8, 4) is 0 Å². The van der Waals surface area contributed by atoms with Crippen molar-refractivity contribution in [3.05, 3.63) is 36.0 Å². The predicted molar refractivity (Wildman–Crippen MR) is 43.5 cm³/mol. The maximum atomic E-state index is 12.5. The Morgan fingerprint density at radius 2 is 1.91 bits per heavy atom. The molecule has 62 valence electrons.